The molecule has 1 amide bonds. The highest BCUT2D eigenvalue weighted by atomic mass is 16.5. The number of nitrogens with one attached hydrogen (secondary N) is 2. The summed E-state index contributed by atoms with van der Waals surface area (Å²) >= 11 is 0. The average Bonchev–Trinajstić information content (AvgIpc) is 3.02. The zero-order chi connectivity index (χ0) is 13.7. The van der Waals surface area contributed by atoms with Crippen LogP contribution in [0.4, 0.5) is 5.82 Å². The number of carbonyl (C=O) groups is 1. The van der Waals surface area contributed by atoms with Crippen LogP contribution in [-0.4, -0.2) is 36.4 Å². The van der Waals surface area contributed by atoms with Gasteiger partial charge in [-0.05, 0) is 26.2 Å². The second-order valence-corrected chi connectivity index (χ2v) is 4.82. The Morgan fingerprint density at radius 3 is 3.05 bits per heavy atom. The zero-order valence-corrected chi connectivity index (χ0v) is 11.4. The Balaban J connectivity index is 1.80. The predicted octanol–water partition coefficient (Wildman–Crippen LogP) is 1.47. The number of nitrogens with zero attached hydrogens (tertiary/aromatic N) is 1. The van der Waals surface area contributed by atoms with Crippen molar-refractivity contribution in [1.29, 1.82) is 0 Å². The molecule has 2 heterocycles. The van der Waals surface area contributed by atoms with Gasteiger partial charge in [-0.1, -0.05) is 12.1 Å². The number of amides is 1. The second kappa shape index (κ2) is 6.68. The molecule has 0 unspecified atom stereocenters. The highest BCUT2D eigenvalue weighted by Crippen LogP contribution is 2.12. The topological polar surface area (TPSA) is 76.4 Å². The summed E-state index contributed by atoms with van der Waals surface area (Å²) in [5.74, 6) is 1.05. The molecule has 2 rings (SSSR count). The fourth-order valence-corrected chi connectivity index (χ4v) is 2.14. The third-order valence-electron chi connectivity index (χ3n) is 3.22. The van der Waals surface area contributed by atoms with E-state index >= 15 is 0 Å². The van der Waals surface area contributed by atoms with Gasteiger partial charge in [0, 0.05) is 19.2 Å². The molecule has 106 valence electrons. The van der Waals surface area contributed by atoms with Crippen LogP contribution in [0, 0.1) is 6.92 Å². The van der Waals surface area contributed by atoms with Crippen molar-refractivity contribution >= 4 is 11.7 Å². The van der Waals surface area contributed by atoms with Crippen LogP contribution in [0.3, 0.4) is 0 Å². The van der Waals surface area contributed by atoms with Crippen molar-refractivity contribution in [3.8, 4) is 0 Å². The van der Waals surface area contributed by atoms with Crippen LogP contribution in [0.2, 0.25) is 0 Å². The van der Waals surface area contributed by atoms with Crippen molar-refractivity contribution in [3.05, 3.63) is 11.8 Å². The number of hydrogen-bond acceptors (Lipinski definition) is 5. The van der Waals surface area contributed by atoms with E-state index in [9.17, 15) is 4.79 Å². The average molecular weight is 267 g/mol. The van der Waals surface area contributed by atoms with Crippen molar-refractivity contribution in [2.75, 3.05) is 18.5 Å². The zero-order valence-electron chi connectivity index (χ0n) is 11.4. The number of hydrogen-bond donors (Lipinski definition) is 2. The van der Waals surface area contributed by atoms with Crippen LogP contribution in [0.5, 0.6) is 0 Å². The Bertz CT molecular complexity index is 413. The number of anilines is 1. The first-order chi connectivity index (χ1) is 9.19. The third kappa shape index (κ3) is 4.04. The number of aromatic nitrogens is 1. The maximum Gasteiger partial charge on any atom is 0.242 e. The Hall–Kier alpha value is -1.40. The Morgan fingerprint density at radius 1 is 1.63 bits per heavy atom. The number of aryl methyl sites for hydroxylation is 1. The van der Waals surface area contributed by atoms with Crippen molar-refractivity contribution in [3.63, 3.8) is 0 Å². The Kier molecular flexibility index (Phi) is 4.93. The first-order valence-corrected chi connectivity index (χ1v) is 6.78. The number of ether oxygens (including phenoxy) is 1. The van der Waals surface area contributed by atoms with Gasteiger partial charge in [-0.2, -0.15) is 0 Å². The molecule has 6 nitrogen and oxygen atoms in total. The molecular formula is C13H21N3O3. The van der Waals surface area contributed by atoms with Crippen LogP contribution in [-0.2, 0) is 9.53 Å². The molecule has 1 fully saturated rings. The standard InChI is InChI=1S/C13H21N3O3/c1-3-11(14-8-10-5-4-6-18-10)13(17)15-12-7-9(2)19-16-12/h7,10-11,14H,3-6,8H2,1-2H3,(H,15,16,17)/t10-,11-/m1/s1. The van der Waals surface area contributed by atoms with Crippen molar-refractivity contribution in [1.82, 2.24) is 10.5 Å². The smallest absolute Gasteiger partial charge is 0.242 e. The molecular weight excluding hydrogens is 246 g/mol. The first kappa shape index (κ1) is 14.0. The van der Waals surface area contributed by atoms with E-state index in [4.69, 9.17) is 9.26 Å². The normalized spacial score (nSPS) is 20.4. The molecule has 0 aliphatic carbocycles. The third-order valence-corrected chi connectivity index (χ3v) is 3.22. The molecule has 0 radical (unpaired) electrons. The molecule has 1 aliphatic heterocycles. The van der Waals surface area contributed by atoms with Gasteiger partial charge in [0.1, 0.15) is 5.76 Å². The molecule has 0 bridgehead atoms. The Morgan fingerprint density at radius 2 is 2.47 bits per heavy atom. The number of carbonyl (C=O) groups excluding carboxylic acids is 1. The van der Waals surface area contributed by atoms with Crippen LogP contribution >= 0.6 is 0 Å². The maximum absolute atomic E-state index is 12.1. The molecule has 2 atom stereocenters. The van der Waals surface area contributed by atoms with Gasteiger partial charge in [0.2, 0.25) is 5.91 Å². The van der Waals surface area contributed by atoms with Crippen LogP contribution in [0.15, 0.2) is 10.6 Å². The molecule has 1 aliphatic rings. The summed E-state index contributed by atoms with van der Waals surface area (Å²) in [7, 11) is 0. The van der Waals surface area contributed by atoms with E-state index in [0.29, 0.717) is 18.1 Å². The fourth-order valence-electron chi connectivity index (χ4n) is 2.14. The van der Waals surface area contributed by atoms with Crippen LogP contribution in [0.25, 0.3) is 0 Å². The SMILES string of the molecule is CC[C@@H](NC[C@H]1CCCO1)C(=O)Nc1cc(C)on1. The summed E-state index contributed by atoms with van der Waals surface area (Å²) in [5, 5.41) is 9.74. The maximum atomic E-state index is 12.1. The van der Waals surface area contributed by atoms with Gasteiger partial charge in [0.15, 0.2) is 5.82 Å². The monoisotopic (exact) mass is 267 g/mol. The summed E-state index contributed by atoms with van der Waals surface area (Å²) in [6.45, 7) is 5.30. The van der Waals surface area contributed by atoms with E-state index in [2.05, 4.69) is 15.8 Å². The van der Waals surface area contributed by atoms with E-state index in [1.54, 1.807) is 13.0 Å². The lowest BCUT2D eigenvalue weighted by molar-refractivity contribution is -0.118. The van der Waals surface area contributed by atoms with Gasteiger partial charge in [0.05, 0.1) is 12.1 Å². The summed E-state index contributed by atoms with van der Waals surface area (Å²) in [6, 6.07) is 1.46. The number of rotatable bonds is 6. The molecule has 1 aromatic rings. The quantitative estimate of drug-likeness (QED) is 0.816. The minimum absolute atomic E-state index is 0.0891. The first-order valence-electron chi connectivity index (χ1n) is 6.78. The van der Waals surface area contributed by atoms with Crippen molar-refractivity contribution in [2.24, 2.45) is 0 Å². The summed E-state index contributed by atoms with van der Waals surface area (Å²) in [6.07, 6.45) is 3.12. The Labute approximate surface area is 112 Å². The van der Waals surface area contributed by atoms with E-state index < -0.39 is 0 Å². The molecule has 1 saturated heterocycles. The molecule has 1 aromatic heterocycles. The highest BCUT2D eigenvalue weighted by molar-refractivity contribution is 5.93. The van der Waals surface area contributed by atoms with E-state index in [-0.39, 0.29) is 18.1 Å². The minimum atomic E-state index is -0.235. The van der Waals surface area contributed by atoms with Gasteiger partial charge in [-0.25, -0.2) is 0 Å². The van der Waals surface area contributed by atoms with E-state index in [0.717, 1.165) is 25.9 Å². The van der Waals surface area contributed by atoms with Crippen molar-refractivity contribution < 1.29 is 14.1 Å². The van der Waals surface area contributed by atoms with Gasteiger partial charge >= 0.3 is 0 Å². The summed E-state index contributed by atoms with van der Waals surface area (Å²) in [4.78, 5) is 12.1. The lowest BCUT2D eigenvalue weighted by atomic mass is 10.2. The van der Waals surface area contributed by atoms with Gasteiger partial charge in [-0.15, -0.1) is 0 Å². The lowest BCUT2D eigenvalue weighted by Gasteiger charge is -2.18. The summed E-state index contributed by atoms with van der Waals surface area (Å²) < 4.78 is 10.4. The largest absolute Gasteiger partial charge is 0.377 e. The van der Waals surface area contributed by atoms with E-state index in [1.807, 2.05) is 6.92 Å². The second-order valence-electron chi connectivity index (χ2n) is 4.82. The van der Waals surface area contributed by atoms with Gasteiger partial charge in [0.25, 0.3) is 0 Å². The van der Waals surface area contributed by atoms with Crippen molar-refractivity contribution in [2.45, 2.75) is 45.3 Å². The van der Waals surface area contributed by atoms with Gasteiger partial charge < -0.3 is 19.9 Å². The lowest BCUT2D eigenvalue weighted by Crippen LogP contribution is -2.43. The molecule has 0 aromatic carbocycles. The predicted molar refractivity (Wildman–Crippen MR) is 70.9 cm³/mol. The molecule has 0 spiro atoms. The highest BCUT2D eigenvalue weighted by Gasteiger charge is 2.21. The van der Waals surface area contributed by atoms with E-state index in [1.165, 1.54) is 0 Å². The fraction of sp³-hybridized carbons (Fsp3) is 0.692. The molecule has 19 heavy (non-hydrogen) atoms. The van der Waals surface area contributed by atoms with Gasteiger partial charge in [-0.3, -0.25) is 4.79 Å². The summed E-state index contributed by atoms with van der Waals surface area (Å²) in [5.41, 5.74) is 0. The molecule has 2 N–H and O–H groups in total. The van der Waals surface area contributed by atoms with Crippen LogP contribution < -0.4 is 10.6 Å². The van der Waals surface area contributed by atoms with Crippen LogP contribution in [0.1, 0.15) is 31.9 Å². The molecule has 6 heteroatoms. The minimum Gasteiger partial charge on any atom is -0.377 e. The molecule has 0 saturated carbocycles.